The number of nitrogens with zero attached hydrogens (tertiary/aromatic N) is 1. The highest BCUT2D eigenvalue weighted by molar-refractivity contribution is 5.91. The van der Waals surface area contributed by atoms with Crippen molar-refractivity contribution in [2.24, 2.45) is 0 Å². The van der Waals surface area contributed by atoms with Gasteiger partial charge in [0.05, 0.1) is 22.5 Å². The molecule has 1 aliphatic carbocycles. The molecule has 1 aliphatic heterocycles. The van der Waals surface area contributed by atoms with Crippen LogP contribution in [-0.4, -0.2) is 30.2 Å². The molecule has 0 radical (unpaired) electrons. The summed E-state index contributed by atoms with van der Waals surface area (Å²) in [5.41, 5.74) is 2.56. The Balaban J connectivity index is 2.00. The van der Waals surface area contributed by atoms with Crippen LogP contribution < -0.4 is 10.2 Å². The number of nitrogens with one attached hydrogen (secondary N) is 1. The first-order valence-corrected chi connectivity index (χ1v) is 6.46. The zero-order valence-electron chi connectivity index (χ0n) is 10.6. The monoisotopic (exact) mass is 246 g/mol. The van der Waals surface area contributed by atoms with E-state index in [1.165, 1.54) is 25.7 Å². The molecule has 1 spiro atoms. The molecule has 2 N–H and O–H groups in total. The second-order valence-corrected chi connectivity index (χ2v) is 5.51. The molecule has 0 amide bonds. The topological polar surface area (TPSA) is 52.6 Å². The number of rotatable bonds is 1. The van der Waals surface area contributed by atoms with Crippen molar-refractivity contribution in [3.63, 3.8) is 0 Å². The van der Waals surface area contributed by atoms with E-state index >= 15 is 0 Å². The summed E-state index contributed by atoms with van der Waals surface area (Å²) in [5.74, 6) is -0.867. The average Bonchev–Trinajstić information content (AvgIpc) is 2.76. The summed E-state index contributed by atoms with van der Waals surface area (Å²) < 4.78 is 0. The minimum Gasteiger partial charge on any atom is -0.478 e. The molecule has 0 bridgehead atoms. The Morgan fingerprint density at radius 2 is 2.11 bits per heavy atom. The first-order valence-electron chi connectivity index (χ1n) is 6.46. The summed E-state index contributed by atoms with van der Waals surface area (Å²) in [6, 6.07) is 5.33. The van der Waals surface area contributed by atoms with Gasteiger partial charge in [0.1, 0.15) is 0 Å². The first-order chi connectivity index (χ1) is 8.60. The van der Waals surface area contributed by atoms with Crippen molar-refractivity contribution in [2.75, 3.05) is 23.8 Å². The molecule has 1 aromatic carbocycles. The third-order valence-corrected chi connectivity index (χ3v) is 4.16. The number of hydrogen-bond donors (Lipinski definition) is 2. The lowest BCUT2D eigenvalue weighted by Gasteiger charge is -2.42. The van der Waals surface area contributed by atoms with Crippen molar-refractivity contribution in [3.05, 3.63) is 23.8 Å². The maximum atomic E-state index is 11.0. The van der Waals surface area contributed by atoms with Crippen LogP contribution in [-0.2, 0) is 0 Å². The number of carboxylic acids is 1. The summed E-state index contributed by atoms with van der Waals surface area (Å²) in [5, 5.41) is 12.7. The third kappa shape index (κ3) is 1.72. The van der Waals surface area contributed by atoms with Crippen LogP contribution in [0, 0.1) is 0 Å². The minimum atomic E-state index is -0.867. The van der Waals surface area contributed by atoms with Crippen molar-refractivity contribution >= 4 is 17.3 Å². The van der Waals surface area contributed by atoms with Gasteiger partial charge in [0.2, 0.25) is 0 Å². The highest BCUT2D eigenvalue weighted by Gasteiger charge is 2.38. The van der Waals surface area contributed by atoms with Crippen LogP contribution in [0.5, 0.6) is 0 Å². The average molecular weight is 246 g/mol. The number of likely N-dealkylation sites (N-methyl/N-ethyl adjacent to an activating group) is 1. The molecular weight excluding hydrogens is 228 g/mol. The Morgan fingerprint density at radius 1 is 1.39 bits per heavy atom. The highest BCUT2D eigenvalue weighted by atomic mass is 16.4. The van der Waals surface area contributed by atoms with E-state index in [4.69, 9.17) is 5.11 Å². The molecule has 1 fully saturated rings. The number of fused-ring (bicyclic) bond motifs is 1. The standard InChI is InChI=1S/C14H18N2O2/c1-16-9-14(6-2-3-7-14)15-11-8-10(13(17)18)4-5-12(11)16/h4-5,8,15H,2-3,6-7,9H2,1H3,(H,17,18). The number of carbonyl (C=O) groups is 1. The molecule has 4 heteroatoms. The second kappa shape index (κ2) is 3.90. The van der Waals surface area contributed by atoms with Gasteiger partial charge in [-0.15, -0.1) is 0 Å². The van der Waals surface area contributed by atoms with Gasteiger partial charge in [-0.2, -0.15) is 0 Å². The van der Waals surface area contributed by atoms with Crippen molar-refractivity contribution in [1.82, 2.24) is 0 Å². The van der Waals surface area contributed by atoms with Gasteiger partial charge in [0, 0.05) is 13.6 Å². The van der Waals surface area contributed by atoms with Crippen molar-refractivity contribution in [2.45, 2.75) is 31.2 Å². The molecule has 4 nitrogen and oxygen atoms in total. The van der Waals surface area contributed by atoms with Gasteiger partial charge < -0.3 is 15.3 Å². The molecule has 1 aromatic rings. The van der Waals surface area contributed by atoms with Crippen molar-refractivity contribution in [1.29, 1.82) is 0 Å². The Labute approximate surface area is 107 Å². The van der Waals surface area contributed by atoms with E-state index in [1.54, 1.807) is 12.1 Å². The molecule has 0 saturated heterocycles. The van der Waals surface area contributed by atoms with Gasteiger partial charge in [0.25, 0.3) is 0 Å². The summed E-state index contributed by atoms with van der Waals surface area (Å²) >= 11 is 0. The largest absolute Gasteiger partial charge is 0.478 e. The van der Waals surface area contributed by atoms with Crippen LogP contribution in [0.2, 0.25) is 0 Å². The first kappa shape index (κ1) is 11.4. The number of aromatic carboxylic acids is 1. The van der Waals surface area contributed by atoms with Crippen LogP contribution >= 0.6 is 0 Å². The van der Waals surface area contributed by atoms with E-state index in [9.17, 15) is 4.79 Å². The number of anilines is 2. The lowest BCUT2D eigenvalue weighted by Crippen LogP contribution is -2.49. The molecule has 0 unspecified atom stereocenters. The van der Waals surface area contributed by atoms with Crippen molar-refractivity contribution in [3.8, 4) is 0 Å². The molecule has 2 aliphatic rings. The van der Waals surface area contributed by atoms with E-state index in [0.717, 1.165) is 17.9 Å². The van der Waals surface area contributed by atoms with Gasteiger partial charge in [-0.25, -0.2) is 4.79 Å². The van der Waals surface area contributed by atoms with Crippen molar-refractivity contribution < 1.29 is 9.90 Å². The third-order valence-electron chi connectivity index (χ3n) is 4.16. The van der Waals surface area contributed by atoms with Crippen LogP contribution in [0.25, 0.3) is 0 Å². The zero-order valence-corrected chi connectivity index (χ0v) is 10.6. The van der Waals surface area contributed by atoms with E-state index in [2.05, 4.69) is 17.3 Å². The number of carboxylic acid groups (broad SMARTS) is 1. The molecule has 3 rings (SSSR count). The lowest BCUT2D eigenvalue weighted by molar-refractivity contribution is 0.0697. The van der Waals surface area contributed by atoms with E-state index in [1.807, 2.05) is 6.07 Å². The zero-order chi connectivity index (χ0) is 12.8. The smallest absolute Gasteiger partial charge is 0.335 e. The molecule has 0 aromatic heterocycles. The Morgan fingerprint density at radius 3 is 2.78 bits per heavy atom. The fourth-order valence-corrected chi connectivity index (χ4v) is 3.30. The molecular formula is C14H18N2O2. The number of hydrogen-bond acceptors (Lipinski definition) is 3. The minimum absolute atomic E-state index is 0.152. The van der Waals surface area contributed by atoms with Gasteiger partial charge in [-0.05, 0) is 31.0 Å². The quantitative estimate of drug-likeness (QED) is 0.799. The van der Waals surface area contributed by atoms with E-state index < -0.39 is 5.97 Å². The van der Waals surface area contributed by atoms with Crippen LogP contribution in [0.15, 0.2) is 18.2 Å². The Hall–Kier alpha value is -1.71. The maximum absolute atomic E-state index is 11.0. The fourth-order valence-electron chi connectivity index (χ4n) is 3.30. The Kier molecular flexibility index (Phi) is 2.47. The SMILES string of the molecule is CN1CC2(CCCC2)Nc2cc(C(=O)O)ccc21. The number of benzene rings is 1. The molecule has 96 valence electrons. The predicted octanol–water partition coefficient (Wildman–Crippen LogP) is 2.56. The summed E-state index contributed by atoms with van der Waals surface area (Å²) in [6.45, 7) is 1.01. The maximum Gasteiger partial charge on any atom is 0.335 e. The summed E-state index contributed by atoms with van der Waals surface area (Å²) in [7, 11) is 2.08. The predicted molar refractivity (Wildman–Crippen MR) is 71.5 cm³/mol. The lowest BCUT2D eigenvalue weighted by atomic mass is 9.92. The van der Waals surface area contributed by atoms with Gasteiger partial charge in [-0.1, -0.05) is 12.8 Å². The normalized spacial score (nSPS) is 20.6. The molecule has 1 heterocycles. The van der Waals surface area contributed by atoms with Gasteiger partial charge in [-0.3, -0.25) is 0 Å². The fraction of sp³-hybridized carbons (Fsp3) is 0.500. The van der Waals surface area contributed by atoms with E-state index in [0.29, 0.717) is 5.56 Å². The Bertz CT molecular complexity index is 493. The van der Waals surface area contributed by atoms with Crippen LogP contribution in [0.1, 0.15) is 36.0 Å². The van der Waals surface area contributed by atoms with Gasteiger partial charge in [0.15, 0.2) is 0 Å². The summed E-state index contributed by atoms with van der Waals surface area (Å²) in [6.07, 6.45) is 4.87. The van der Waals surface area contributed by atoms with Crippen LogP contribution in [0.4, 0.5) is 11.4 Å². The highest BCUT2D eigenvalue weighted by Crippen LogP contribution is 2.41. The van der Waals surface area contributed by atoms with Gasteiger partial charge >= 0.3 is 5.97 Å². The molecule has 18 heavy (non-hydrogen) atoms. The second-order valence-electron chi connectivity index (χ2n) is 5.51. The summed E-state index contributed by atoms with van der Waals surface area (Å²) in [4.78, 5) is 13.3. The molecule has 1 saturated carbocycles. The van der Waals surface area contributed by atoms with E-state index in [-0.39, 0.29) is 5.54 Å². The molecule has 0 atom stereocenters. The van der Waals surface area contributed by atoms with Crippen LogP contribution in [0.3, 0.4) is 0 Å².